The Hall–Kier alpha value is -2.79. The summed E-state index contributed by atoms with van der Waals surface area (Å²) >= 11 is 0. The molecule has 0 bridgehead atoms. The number of hydrogen-bond donors (Lipinski definition) is 0. The van der Waals surface area contributed by atoms with E-state index >= 15 is 0 Å². The molecule has 5 nitrogen and oxygen atoms in total. The Morgan fingerprint density at radius 2 is 1.71 bits per heavy atom. The van der Waals surface area contributed by atoms with Crippen LogP contribution in [0.4, 0.5) is 5.69 Å². The van der Waals surface area contributed by atoms with Gasteiger partial charge in [-0.05, 0) is 79.1 Å². The highest BCUT2D eigenvalue weighted by atomic mass is 16.5. The summed E-state index contributed by atoms with van der Waals surface area (Å²) in [6, 6.07) is 14.8. The molecule has 190 valence electrons. The lowest BCUT2D eigenvalue weighted by Gasteiger charge is -2.27. The quantitative estimate of drug-likeness (QED) is 0.259. The molecule has 0 saturated heterocycles. The van der Waals surface area contributed by atoms with Crippen molar-refractivity contribution >= 4 is 17.7 Å². The van der Waals surface area contributed by atoms with Crippen LogP contribution in [0.15, 0.2) is 48.0 Å². The van der Waals surface area contributed by atoms with Gasteiger partial charge in [-0.1, -0.05) is 44.9 Å². The van der Waals surface area contributed by atoms with Crippen LogP contribution in [0.1, 0.15) is 64.4 Å². The number of hydrogen-bond acceptors (Lipinski definition) is 5. The highest BCUT2D eigenvalue weighted by molar-refractivity contribution is 5.95. The lowest BCUT2D eigenvalue weighted by atomic mass is 9.97. The molecule has 3 rings (SSSR count). The highest BCUT2D eigenvalue weighted by Crippen LogP contribution is 2.32. The Kier molecular flexibility index (Phi) is 11.2. The lowest BCUT2D eigenvalue weighted by Crippen LogP contribution is -2.26. The predicted octanol–water partition coefficient (Wildman–Crippen LogP) is 6.90. The van der Waals surface area contributed by atoms with E-state index in [4.69, 9.17) is 14.2 Å². The first-order valence-corrected chi connectivity index (χ1v) is 13.1. The minimum Gasteiger partial charge on any atom is -0.491 e. The lowest BCUT2D eigenvalue weighted by molar-refractivity contribution is -0.136. The second-order valence-corrected chi connectivity index (χ2v) is 9.07. The van der Waals surface area contributed by atoms with Crippen molar-refractivity contribution in [1.29, 1.82) is 0 Å². The first-order valence-electron chi connectivity index (χ1n) is 13.1. The van der Waals surface area contributed by atoms with Crippen molar-refractivity contribution in [3.05, 3.63) is 53.6 Å². The molecule has 5 heteroatoms. The third-order valence-corrected chi connectivity index (χ3v) is 6.34. The first-order chi connectivity index (χ1) is 17.2. The smallest absolute Gasteiger partial charge is 0.333 e. The van der Waals surface area contributed by atoms with Crippen LogP contribution < -0.4 is 9.64 Å². The molecule has 0 spiro atoms. The number of benzene rings is 2. The first kappa shape index (κ1) is 26.8. The van der Waals surface area contributed by atoms with Crippen LogP contribution in [0.5, 0.6) is 5.75 Å². The summed E-state index contributed by atoms with van der Waals surface area (Å²) in [5.74, 6) is 0.609. The minimum absolute atomic E-state index is 0.232. The fourth-order valence-corrected chi connectivity index (χ4v) is 4.42. The second-order valence-electron chi connectivity index (χ2n) is 9.07. The third-order valence-electron chi connectivity index (χ3n) is 6.34. The maximum Gasteiger partial charge on any atom is 0.333 e. The van der Waals surface area contributed by atoms with Gasteiger partial charge < -0.3 is 19.1 Å². The number of methoxy groups -OCH3 is 1. The Morgan fingerprint density at radius 3 is 2.46 bits per heavy atom. The second kappa shape index (κ2) is 14.6. The Balaban J connectivity index is 1.83. The van der Waals surface area contributed by atoms with Gasteiger partial charge in [-0.2, -0.15) is 0 Å². The minimum atomic E-state index is -0.232. The van der Waals surface area contributed by atoms with E-state index in [-0.39, 0.29) is 5.97 Å². The summed E-state index contributed by atoms with van der Waals surface area (Å²) in [4.78, 5) is 14.9. The molecule has 0 N–H and O–H groups in total. The van der Waals surface area contributed by atoms with E-state index in [0.717, 1.165) is 92.7 Å². The Labute approximate surface area is 211 Å². The van der Waals surface area contributed by atoms with Gasteiger partial charge in [0.1, 0.15) is 12.4 Å². The molecule has 0 radical (unpaired) electrons. The summed E-state index contributed by atoms with van der Waals surface area (Å²) < 4.78 is 16.5. The van der Waals surface area contributed by atoms with Gasteiger partial charge in [0.15, 0.2) is 0 Å². The number of esters is 1. The summed E-state index contributed by atoms with van der Waals surface area (Å²) in [7, 11) is 1.46. The number of rotatable bonds is 11. The predicted molar refractivity (Wildman–Crippen MR) is 144 cm³/mol. The Bertz CT molecular complexity index is 951. The molecular weight excluding hydrogens is 438 g/mol. The standard InChI is InChI=1S/C30H41NO4/c1-4-6-19-34-20-21-35-28-14-11-24(12-15-28)25-13-16-29-27(22-25)23-26(30(32)33-3)10-8-7-9-18-31(29)17-5-2/h11-16,22-23H,4-10,17-21H2,1-3H3/b26-23+. The van der Waals surface area contributed by atoms with E-state index < -0.39 is 0 Å². The van der Waals surface area contributed by atoms with Crippen LogP contribution >= 0.6 is 0 Å². The molecule has 2 aromatic rings. The molecule has 0 atom stereocenters. The zero-order valence-corrected chi connectivity index (χ0v) is 21.7. The monoisotopic (exact) mass is 479 g/mol. The van der Waals surface area contributed by atoms with Crippen LogP contribution in [0, 0.1) is 0 Å². The van der Waals surface area contributed by atoms with Gasteiger partial charge in [0, 0.05) is 31.0 Å². The maximum absolute atomic E-state index is 12.5. The molecule has 0 saturated carbocycles. The van der Waals surface area contributed by atoms with Crippen molar-refractivity contribution in [2.45, 2.75) is 58.8 Å². The van der Waals surface area contributed by atoms with Crippen molar-refractivity contribution in [3.8, 4) is 16.9 Å². The zero-order valence-electron chi connectivity index (χ0n) is 21.7. The summed E-state index contributed by atoms with van der Waals surface area (Å²) in [6.45, 7) is 8.36. The SMILES string of the molecule is CCCCOCCOc1ccc(-c2ccc3c(c2)/C=C(/C(=O)OC)CCCCCN3CCC)cc1. The van der Waals surface area contributed by atoms with Crippen LogP contribution in [0.3, 0.4) is 0 Å². The number of fused-ring (bicyclic) bond motifs is 1. The number of carbonyl (C=O) groups is 1. The molecule has 35 heavy (non-hydrogen) atoms. The summed E-state index contributed by atoms with van der Waals surface area (Å²) in [5, 5.41) is 0. The van der Waals surface area contributed by atoms with E-state index in [1.54, 1.807) is 0 Å². The fourth-order valence-electron chi connectivity index (χ4n) is 4.42. The van der Waals surface area contributed by atoms with E-state index in [0.29, 0.717) is 13.2 Å². The van der Waals surface area contributed by atoms with Gasteiger partial charge in [0.2, 0.25) is 0 Å². The number of carbonyl (C=O) groups excluding carboxylic acids is 1. The number of ether oxygens (including phenoxy) is 3. The molecular formula is C30H41NO4. The van der Waals surface area contributed by atoms with Crippen LogP contribution in [0.25, 0.3) is 17.2 Å². The molecule has 1 aliphatic heterocycles. The normalized spacial score (nSPS) is 15.6. The van der Waals surface area contributed by atoms with Gasteiger partial charge in [-0.3, -0.25) is 0 Å². The molecule has 0 unspecified atom stereocenters. The van der Waals surface area contributed by atoms with Crippen LogP contribution in [-0.4, -0.2) is 46.0 Å². The average Bonchev–Trinajstić information content (AvgIpc) is 2.89. The number of nitrogens with zero attached hydrogens (tertiary/aromatic N) is 1. The van der Waals surface area contributed by atoms with E-state index in [9.17, 15) is 4.79 Å². The summed E-state index contributed by atoms with van der Waals surface area (Å²) in [6.07, 6.45) is 9.33. The third kappa shape index (κ3) is 8.14. The molecule has 0 aliphatic carbocycles. The van der Waals surface area contributed by atoms with Crippen molar-refractivity contribution in [2.75, 3.05) is 44.9 Å². The van der Waals surface area contributed by atoms with Gasteiger partial charge in [0.05, 0.1) is 13.7 Å². The Morgan fingerprint density at radius 1 is 0.914 bits per heavy atom. The van der Waals surface area contributed by atoms with E-state index in [1.807, 2.05) is 18.2 Å². The topological polar surface area (TPSA) is 48.0 Å². The van der Waals surface area contributed by atoms with Gasteiger partial charge in [-0.25, -0.2) is 4.79 Å². The molecule has 0 aromatic heterocycles. The number of unbranched alkanes of at least 4 members (excludes halogenated alkanes) is 1. The molecule has 1 aliphatic rings. The fraction of sp³-hybridized carbons (Fsp3) is 0.500. The average molecular weight is 480 g/mol. The zero-order chi connectivity index (χ0) is 24.9. The van der Waals surface area contributed by atoms with Crippen LogP contribution in [-0.2, 0) is 14.3 Å². The van der Waals surface area contributed by atoms with E-state index in [1.165, 1.54) is 12.8 Å². The maximum atomic E-state index is 12.5. The van der Waals surface area contributed by atoms with Crippen LogP contribution in [0.2, 0.25) is 0 Å². The molecule has 0 amide bonds. The van der Waals surface area contributed by atoms with Crippen molar-refractivity contribution in [2.24, 2.45) is 0 Å². The number of anilines is 1. The van der Waals surface area contributed by atoms with Crippen molar-refractivity contribution in [3.63, 3.8) is 0 Å². The van der Waals surface area contributed by atoms with E-state index in [2.05, 4.69) is 49.1 Å². The van der Waals surface area contributed by atoms with Gasteiger partial charge in [0.25, 0.3) is 0 Å². The molecule has 2 aromatic carbocycles. The van der Waals surface area contributed by atoms with Gasteiger partial charge in [-0.15, -0.1) is 0 Å². The molecule has 1 heterocycles. The van der Waals surface area contributed by atoms with Gasteiger partial charge >= 0.3 is 5.97 Å². The highest BCUT2D eigenvalue weighted by Gasteiger charge is 2.17. The van der Waals surface area contributed by atoms with Crippen molar-refractivity contribution < 1.29 is 19.0 Å². The summed E-state index contributed by atoms with van der Waals surface area (Å²) in [5.41, 5.74) is 5.23. The largest absolute Gasteiger partial charge is 0.491 e. The molecule has 0 fully saturated rings. The van der Waals surface area contributed by atoms with Crippen molar-refractivity contribution in [1.82, 2.24) is 0 Å².